The van der Waals surface area contributed by atoms with Crippen LogP contribution in [0, 0.1) is 22.0 Å². The van der Waals surface area contributed by atoms with Crippen LogP contribution in [-0.4, -0.2) is 18.0 Å². The number of carbonyl (C=O) groups excluding carboxylic acids is 1. The molecule has 82 valence electrons. The number of hydrogen-bond donors (Lipinski definition) is 0. The zero-order valence-electron chi connectivity index (χ0n) is 8.60. The van der Waals surface area contributed by atoms with Gasteiger partial charge in [-0.2, -0.15) is 0 Å². The Morgan fingerprint density at radius 1 is 1.44 bits per heavy atom. The van der Waals surface area contributed by atoms with Gasteiger partial charge in [-0.05, 0) is 12.1 Å². The highest BCUT2D eigenvalue weighted by Crippen LogP contribution is 2.10. The van der Waals surface area contributed by atoms with E-state index in [-0.39, 0.29) is 12.1 Å². The number of esters is 1. The van der Waals surface area contributed by atoms with E-state index in [4.69, 9.17) is 0 Å². The van der Waals surface area contributed by atoms with Crippen LogP contribution in [0.2, 0.25) is 0 Å². The smallest absolute Gasteiger partial charge is 0.317 e. The second-order valence-corrected chi connectivity index (χ2v) is 2.86. The molecule has 1 rings (SSSR count). The lowest BCUT2D eigenvalue weighted by Gasteiger charge is -1.91. The second kappa shape index (κ2) is 5.51. The quantitative estimate of drug-likeness (QED) is 0.327. The van der Waals surface area contributed by atoms with E-state index in [1.807, 2.05) is 0 Å². The summed E-state index contributed by atoms with van der Waals surface area (Å²) in [5.41, 5.74) is 0.632. The standard InChI is InChI=1S/C11H9NO4/c1-16-11(13)4-2-3-9-5-7-10(8-6-9)12(14)15/h5-8H,4H2,1H3. The van der Waals surface area contributed by atoms with Crippen molar-refractivity contribution in [2.45, 2.75) is 6.42 Å². The third-order valence-electron chi connectivity index (χ3n) is 1.77. The van der Waals surface area contributed by atoms with Gasteiger partial charge in [0.2, 0.25) is 0 Å². The molecule has 0 radical (unpaired) electrons. The van der Waals surface area contributed by atoms with E-state index in [1.165, 1.54) is 31.4 Å². The second-order valence-electron chi connectivity index (χ2n) is 2.86. The van der Waals surface area contributed by atoms with Gasteiger partial charge in [-0.3, -0.25) is 14.9 Å². The highest BCUT2D eigenvalue weighted by molar-refractivity contribution is 5.72. The molecule has 0 saturated heterocycles. The highest BCUT2D eigenvalue weighted by Gasteiger charge is 2.02. The minimum Gasteiger partial charge on any atom is -0.468 e. The van der Waals surface area contributed by atoms with Crippen LogP contribution in [0.15, 0.2) is 24.3 Å². The molecule has 0 fully saturated rings. The van der Waals surface area contributed by atoms with Crippen molar-refractivity contribution in [3.8, 4) is 11.8 Å². The van der Waals surface area contributed by atoms with Crippen LogP contribution in [0.25, 0.3) is 0 Å². The molecule has 0 unspecified atom stereocenters. The Hall–Kier alpha value is -2.35. The normalized spacial score (nSPS) is 8.81. The summed E-state index contributed by atoms with van der Waals surface area (Å²) in [6.45, 7) is 0. The van der Waals surface area contributed by atoms with E-state index >= 15 is 0 Å². The van der Waals surface area contributed by atoms with Gasteiger partial charge in [0.25, 0.3) is 5.69 Å². The van der Waals surface area contributed by atoms with Crippen molar-refractivity contribution in [3.63, 3.8) is 0 Å². The maximum atomic E-state index is 10.7. The summed E-state index contributed by atoms with van der Waals surface area (Å²) in [7, 11) is 1.29. The molecule has 16 heavy (non-hydrogen) atoms. The zero-order chi connectivity index (χ0) is 12.0. The van der Waals surface area contributed by atoms with Crippen molar-refractivity contribution < 1.29 is 14.5 Å². The number of nitro benzene ring substituents is 1. The van der Waals surface area contributed by atoms with Crippen LogP contribution in [0.4, 0.5) is 5.69 Å². The Morgan fingerprint density at radius 3 is 2.56 bits per heavy atom. The fourth-order valence-corrected chi connectivity index (χ4v) is 0.957. The maximum absolute atomic E-state index is 10.7. The predicted octanol–water partition coefficient (Wildman–Crippen LogP) is 1.51. The molecule has 0 aromatic heterocycles. The van der Waals surface area contributed by atoms with Crippen molar-refractivity contribution in [2.24, 2.45) is 0 Å². The van der Waals surface area contributed by atoms with Crippen LogP contribution in [-0.2, 0) is 9.53 Å². The van der Waals surface area contributed by atoms with Crippen LogP contribution >= 0.6 is 0 Å². The third kappa shape index (κ3) is 3.42. The third-order valence-corrected chi connectivity index (χ3v) is 1.77. The highest BCUT2D eigenvalue weighted by atomic mass is 16.6. The van der Waals surface area contributed by atoms with Crippen molar-refractivity contribution in [2.75, 3.05) is 7.11 Å². The summed E-state index contributed by atoms with van der Waals surface area (Å²) in [5.74, 6) is 4.90. The first-order valence-corrected chi connectivity index (χ1v) is 4.43. The largest absolute Gasteiger partial charge is 0.468 e. The molecule has 0 bridgehead atoms. The molecular formula is C11H9NO4. The van der Waals surface area contributed by atoms with Crippen LogP contribution < -0.4 is 0 Å². The molecular weight excluding hydrogens is 210 g/mol. The molecule has 0 aliphatic carbocycles. The minimum atomic E-state index is -0.480. The Morgan fingerprint density at radius 2 is 2.06 bits per heavy atom. The summed E-state index contributed by atoms with van der Waals surface area (Å²) >= 11 is 0. The van der Waals surface area contributed by atoms with Gasteiger partial charge in [-0.25, -0.2) is 0 Å². The molecule has 5 nitrogen and oxygen atoms in total. The Kier molecular flexibility index (Phi) is 4.04. The molecule has 0 saturated carbocycles. The minimum absolute atomic E-state index is 0.00743. The molecule has 0 heterocycles. The maximum Gasteiger partial charge on any atom is 0.317 e. The lowest BCUT2D eigenvalue weighted by Crippen LogP contribution is -1.97. The van der Waals surface area contributed by atoms with Gasteiger partial charge < -0.3 is 4.74 Å². The summed E-state index contributed by atoms with van der Waals surface area (Å²) < 4.78 is 4.41. The molecule has 1 aromatic carbocycles. The molecule has 1 aromatic rings. The molecule has 5 heteroatoms. The Labute approximate surface area is 92.2 Å². The van der Waals surface area contributed by atoms with E-state index in [2.05, 4.69) is 16.6 Å². The average molecular weight is 219 g/mol. The summed E-state index contributed by atoms with van der Waals surface area (Å²) in [6.07, 6.45) is 0.00743. The zero-order valence-corrected chi connectivity index (χ0v) is 8.60. The van der Waals surface area contributed by atoms with Crippen molar-refractivity contribution in [1.82, 2.24) is 0 Å². The summed E-state index contributed by atoms with van der Waals surface area (Å²) in [6, 6.07) is 5.79. The Bertz CT molecular complexity index is 453. The van der Waals surface area contributed by atoms with Crippen molar-refractivity contribution in [1.29, 1.82) is 0 Å². The Balaban J connectivity index is 2.68. The number of ether oxygens (including phenoxy) is 1. The summed E-state index contributed by atoms with van der Waals surface area (Å²) in [5, 5.41) is 10.4. The van der Waals surface area contributed by atoms with Gasteiger partial charge >= 0.3 is 5.97 Å². The number of nitrogens with zero attached hydrogens (tertiary/aromatic N) is 1. The molecule has 0 spiro atoms. The fourth-order valence-electron chi connectivity index (χ4n) is 0.957. The van der Waals surface area contributed by atoms with Gasteiger partial charge in [0.15, 0.2) is 0 Å². The fraction of sp³-hybridized carbons (Fsp3) is 0.182. The van der Waals surface area contributed by atoms with Gasteiger partial charge in [0.1, 0.15) is 6.42 Å². The topological polar surface area (TPSA) is 69.4 Å². The first-order chi connectivity index (χ1) is 7.63. The van der Waals surface area contributed by atoms with Crippen molar-refractivity contribution in [3.05, 3.63) is 39.9 Å². The molecule has 0 aliphatic heterocycles. The first kappa shape index (κ1) is 11.7. The van der Waals surface area contributed by atoms with Crippen LogP contribution in [0.5, 0.6) is 0 Å². The van der Waals surface area contributed by atoms with E-state index < -0.39 is 10.9 Å². The van der Waals surface area contributed by atoms with Gasteiger partial charge in [-0.15, -0.1) is 0 Å². The lowest BCUT2D eigenvalue weighted by molar-refractivity contribution is -0.384. The molecule has 0 aliphatic rings. The number of methoxy groups -OCH3 is 1. The number of hydrogen-bond acceptors (Lipinski definition) is 4. The molecule has 0 atom stereocenters. The monoisotopic (exact) mass is 219 g/mol. The van der Waals surface area contributed by atoms with Gasteiger partial charge in [0, 0.05) is 17.7 Å². The van der Waals surface area contributed by atoms with E-state index in [1.54, 1.807) is 0 Å². The van der Waals surface area contributed by atoms with Crippen molar-refractivity contribution >= 4 is 11.7 Å². The lowest BCUT2D eigenvalue weighted by atomic mass is 10.2. The first-order valence-electron chi connectivity index (χ1n) is 4.43. The van der Waals surface area contributed by atoms with E-state index in [0.29, 0.717) is 5.56 Å². The average Bonchev–Trinajstić information content (AvgIpc) is 2.29. The molecule has 0 N–H and O–H groups in total. The number of carbonyl (C=O) groups is 1. The number of rotatable bonds is 2. The number of nitro groups is 1. The van der Waals surface area contributed by atoms with Gasteiger partial charge in [0.05, 0.1) is 12.0 Å². The summed E-state index contributed by atoms with van der Waals surface area (Å²) in [4.78, 5) is 20.6. The van der Waals surface area contributed by atoms with Crippen LogP contribution in [0.1, 0.15) is 12.0 Å². The van der Waals surface area contributed by atoms with Gasteiger partial charge in [-0.1, -0.05) is 11.8 Å². The number of benzene rings is 1. The molecule has 0 amide bonds. The number of non-ortho nitro benzene ring substituents is 1. The van der Waals surface area contributed by atoms with Crippen LogP contribution in [0.3, 0.4) is 0 Å². The SMILES string of the molecule is COC(=O)CC#Cc1ccc([N+](=O)[O-])cc1. The predicted molar refractivity (Wildman–Crippen MR) is 56.6 cm³/mol. The van der Waals surface area contributed by atoms with E-state index in [9.17, 15) is 14.9 Å². The van der Waals surface area contributed by atoms with E-state index in [0.717, 1.165) is 0 Å².